The highest BCUT2D eigenvalue weighted by Crippen LogP contribution is 2.09. The molecule has 3 nitrogen and oxygen atoms in total. The van der Waals surface area contributed by atoms with Crippen LogP contribution in [-0.4, -0.2) is 18.4 Å². The molecule has 1 amide bonds. The lowest BCUT2D eigenvalue weighted by molar-refractivity contribution is -0.166. The highest BCUT2D eigenvalue weighted by atomic mass is 19.2. The maximum absolute atomic E-state index is 12.5. The van der Waals surface area contributed by atoms with Gasteiger partial charge in [-0.3, -0.25) is 4.79 Å². The smallest absolute Gasteiger partial charge is 0.285 e. The fourth-order valence-electron chi connectivity index (χ4n) is 0.342. The SMILES string of the molecule is CCOC(C)(F)C(N)=O. The fraction of sp³-hybridized carbons (Fsp3) is 0.800. The van der Waals surface area contributed by atoms with Crippen LogP contribution in [0, 0.1) is 0 Å². The molecule has 4 heteroatoms. The zero-order valence-electron chi connectivity index (χ0n) is 5.48. The number of hydrogen-bond donors (Lipinski definition) is 1. The molecule has 0 aromatic rings. The molecule has 0 bridgehead atoms. The van der Waals surface area contributed by atoms with Crippen molar-refractivity contribution in [2.75, 3.05) is 6.61 Å². The molecule has 1 atom stereocenters. The molecule has 0 saturated carbocycles. The molecule has 0 heterocycles. The summed E-state index contributed by atoms with van der Waals surface area (Å²) in [6.45, 7) is 2.70. The number of amides is 1. The Kier molecular flexibility index (Phi) is 2.58. The molecule has 54 valence electrons. The standard InChI is InChI=1S/C5H10FNO2/c1-3-9-5(2,6)4(7)8/h3H2,1-2H3,(H2,7,8). The monoisotopic (exact) mass is 135 g/mol. The summed E-state index contributed by atoms with van der Waals surface area (Å²) < 4.78 is 16.9. The van der Waals surface area contributed by atoms with Crippen molar-refractivity contribution in [3.05, 3.63) is 0 Å². The Labute approximate surface area is 53.0 Å². The maximum atomic E-state index is 12.5. The summed E-state index contributed by atoms with van der Waals surface area (Å²) in [5.41, 5.74) is 4.62. The molecule has 0 aromatic heterocycles. The van der Waals surface area contributed by atoms with E-state index in [4.69, 9.17) is 0 Å². The van der Waals surface area contributed by atoms with Crippen LogP contribution in [0.25, 0.3) is 0 Å². The first-order valence-electron chi connectivity index (χ1n) is 2.63. The van der Waals surface area contributed by atoms with E-state index in [1.807, 2.05) is 0 Å². The van der Waals surface area contributed by atoms with Crippen LogP contribution >= 0.6 is 0 Å². The van der Waals surface area contributed by atoms with Crippen molar-refractivity contribution < 1.29 is 13.9 Å². The van der Waals surface area contributed by atoms with Crippen molar-refractivity contribution in [3.63, 3.8) is 0 Å². The number of ether oxygens (including phenoxy) is 1. The largest absolute Gasteiger partial charge is 0.365 e. The number of hydrogen-bond acceptors (Lipinski definition) is 2. The van der Waals surface area contributed by atoms with Crippen LogP contribution in [0.3, 0.4) is 0 Å². The molecule has 0 spiro atoms. The molecule has 0 rings (SSSR count). The Balaban J connectivity index is 3.85. The highest BCUT2D eigenvalue weighted by Gasteiger charge is 2.30. The first-order valence-corrected chi connectivity index (χ1v) is 2.63. The first kappa shape index (κ1) is 8.36. The molecule has 9 heavy (non-hydrogen) atoms. The quantitative estimate of drug-likeness (QED) is 0.600. The summed E-state index contributed by atoms with van der Waals surface area (Å²) in [6, 6.07) is 0. The number of nitrogens with two attached hydrogens (primary N) is 1. The van der Waals surface area contributed by atoms with E-state index in [0.717, 1.165) is 6.92 Å². The number of carbonyl (C=O) groups is 1. The van der Waals surface area contributed by atoms with E-state index in [0.29, 0.717) is 0 Å². The first-order chi connectivity index (χ1) is 4.00. The van der Waals surface area contributed by atoms with E-state index < -0.39 is 11.8 Å². The normalized spacial score (nSPS) is 16.8. The van der Waals surface area contributed by atoms with E-state index in [2.05, 4.69) is 10.5 Å². The van der Waals surface area contributed by atoms with Crippen molar-refractivity contribution in [1.29, 1.82) is 0 Å². The summed E-state index contributed by atoms with van der Waals surface area (Å²) in [6.07, 6.45) is 0. The molecule has 1 unspecified atom stereocenters. The van der Waals surface area contributed by atoms with Crippen LogP contribution in [0.4, 0.5) is 4.39 Å². The van der Waals surface area contributed by atoms with Crippen LogP contribution in [0.1, 0.15) is 13.8 Å². The van der Waals surface area contributed by atoms with Gasteiger partial charge in [0.2, 0.25) is 0 Å². The third kappa shape index (κ3) is 2.41. The lowest BCUT2D eigenvalue weighted by Gasteiger charge is -2.14. The van der Waals surface area contributed by atoms with Crippen LogP contribution in [0.5, 0.6) is 0 Å². The number of halogens is 1. The minimum Gasteiger partial charge on any atom is -0.365 e. The van der Waals surface area contributed by atoms with Crippen molar-refractivity contribution in [3.8, 4) is 0 Å². The molecule has 0 fully saturated rings. The molecule has 0 saturated heterocycles. The molecule has 0 aliphatic carbocycles. The van der Waals surface area contributed by atoms with Crippen LogP contribution in [0.2, 0.25) is 0 Å². The number of alkyl halides is 1. The Morgan fingerprint density at radius 2 is 2.33 bits per heavy atom. The summed E-state index contributed by atoms with van der Waals surface area (Å²) >= 11 is 0. The maximum Gasteiger partial charge on any atom is 0.285 e. The summed E-state index contributed by atoms with van der Waals surface area (Å²) in [5, 5.41) is 0. The van der Waals surface area contributed by atoms with Gasteiger partial charge < -0.3 is 10.5 Å². The van der Waals surface area contributed by atoms with Gasteiger partial charge in [0.15, 0.2) is 0 Å². The number of rotatable bonds is 3. The summed E-state index contributed by atoms with van der Waals surface area (Å²) in [4.78, 5) is 10.1. The van der Waals surface area contributed by atoms with Gasteiger partial charge in [0.1, 0.15) is 0 Å². The van der Waals surface area contributed by atoms with Crippen molar-refractivity contribution in [2.45, 2.75) is 19.7 Å². The second-order valence-electron chi connectivity index (χ2n) is 1.71. The van der Waals surface area contributed by atoms with Gasteiger partial charge in [0.05, 0.1) is 0 Å². The fourth-order valence-corrected chi connectivity index (χ4v) is 0.342. The highest BCUT2D eigenvalue weighted by molar-refractivity contribution is 5.81. The zero-order valence-corrected chi connectivity index (χ0v) is 5.48. The molecule has 0 radical (unpaired) electrons. The lowest BCUT2D eigenvalue weighted by atomic mass is 10.3. The van der Waals surface area contributed by atoms with Gasteiger partial charge in [0, 0.05) is 13.5 Å². The lowest BCUT2D eigenvalue weighted by Crippen LogP contribution is -2.39. The van der Waals surface area contributed by atoms with Gasteiger partial charge in [0.25, 0.3) is 11.8 Å². The Morgan fingerprint density at radius 3 is 2.44 bits per heavy atom. The second kappa shape index (κ2) is 2.77. The van der Waals surface area contributed by atoms with Gasteiger partial charge in [-0.25, -0.2) is 4.39 Å². The van der Waals surface area contributed by atoms with Gasteiger partial charge in [-0.2, -0.15) is 0 Å². The average Bonchev–Trinajstić information content (AvgIpc) is 1.65. The summed E-state index contributed by atoms with van der Waals surface area (Å²) in [5.74, 6) is -3.40. The van der Waals surface area contributed by atoms with Gasteiger partial charge in [-0.15, -0.1) is 0 Å². The van der Waals surface area contributed by atoms with Crippen molar-refractivity contribution in [1.82, 2.24) is 0 Å². The van der Waals surface area contributed by atoms with E-state index >= 15 is 0 Å². The minimum absolute atomic E-state index is 0.135. The third-order valence-corrected chi connectivity index (χ3v) is 0.856. The Bertz CT molecular complexity index is 114. The van der Waals surface area contributed by atoms with E-state index in [9.17, 15) is 9.18 Å². The van der Waals surface area contributed by atoms with E-state index in [1.54, 1.807) is 6.92 Å². The third-order valence-electron chi connectivity index (χ3n) is 0.856. The van der Waals surface area contributed by atoms with Gasteiger partial charge in [-0.05, 0) is 6.92 Å². The van der Waals surface area contributed by atoms with E-state index in [-0.39, 0.29) is 6.61 Å². The van der Waals surface area contributed by atoms with Crippen molar-refractivity contribution in [2.24, 2.45) is 5.73 Å². The minimum atomic E-state index is -2.31. The zero-order chi connectivity index (χ0) is 7.49. The second-order valence-corrected chi connectivity index (χ2v) is 1.71. The van der Waals surface area contributed by atoms with Crippen molar-refractivity contribution >= 4 is 5.91 Å². The summed E-state index contributed by atoms with van der Waals surface area (Å²) in [7, 11) is 0. The van der Waals surface area contributed by atoms with Crippen LogP contribution in [0.15, 0.2) is 0 Å². The number of carbonyl (C=O) groups excluding carboxylic acids is 1. The van der Waals surface area contributed by atoms with Gasteiger partial charge >= 0.3 is 0 Å². The average molecular weight is 135 g/mol. The topological polar surface area (TPSA) is 52.3 Å². The molecule has 0 aliphatic rings. The Morgan fingerprint density at radius 1 is 1.89 bits per heavy atom. The van der Waals surface area contributed by atoms with E-state index in [1.165, 1.54) is 0 Å². The predicted octanol–water partition coefficient (Wildman–Crippen LogP) is 0.194. The molecular weight excluding hydrogens is 125 g/mol. The van der Waals surface area contributed by atoms with Gasteiger partial charge in [-0.1, -0.05) is 0 Å². The molecule has 0 aliphatic heterocycles. The molecular formula is C5H10FNO2. The number of primary amides is 1. The predicted molar refractivity (Wildman–Crippen MR) is 30.3 cm³/mol. The molecule has 2 N–H and O–H groups in total. The van der Waals surface area contributed by atoms with Crippen LogP contribution < -0.4 is 5.73 Å². The van der Waals surface area contributed by atoms with Crippen LogP contribution in [-0.2, 0) is 9.53 Å². The molecule has 0 aromatic carbocycles. The Hall–Kier alpha value is -0.640.